The number of halogens is 3. The molecular formula is C49H59ClF2N2O9. The highest BCUT2D eigenvalue weighted by Gasteiger charge is 2.65. The van der Waals surface area contributed by atoms with E-state index in [0.717, 1.165) is 49.7 Å². The number of aliphatic hydroxyl groups is 2. The quantitative estimate of drug-likeness (QED) is 0.0465. The number of rotatable bonds is 21. The van der Waals surface area contributed by atoms with Crippen LogP contribution < -0.4 is 9.47 Å². The Morgan fingerprint density at radius 3 is 2.54 bits per heavy atom. The number of carbonyl (C=O) groups is 1. The average Bonchev–Trinajstić information content (AvgIpc) is 3.30. The molecule has 1 amide bonds. The number of aliphatic hydroxyl groups excluding tert-OH is 2. The molecule has 0 aromatic heterocycles. The third kappa shape index (κ3) is 10.9. The van der Waals surface area contributed by atoms with E-state index in [0.29, 0.717) is 54.2 Å². The Morgan fingerprint density at radius 2 is 1.81 bits per heavy atom. The minimum atomic E-state index is -1.57. The molecule has 1 saturated carbocycles. The van der Waals surface area contributed by atoms with Crippen molar-refractivity contribution in [1.82, 2.24) is 4.90 Å². The molecule has 11 nitrogen and oxygen atoms in total. The van der Waals surface area contributed by atoms with Gasteiger partial charge in [0, 0.05) is 49.6 Å². The fourth-order valence-corrected chi connectivity index (χ4v) is 9.81. The molecule has 3 aromatic carbocycles. The number of hydrogen-bond donors (Lipinski definition) is 2. The van der Waals surface area contributed by atoms with Crippen molar-refractivity contribution in [2.45, 2.75) is 101 Å². The predicted octanol–water partition coefficient (Wildman–Crippen LogP) is 9.58. The number of alkyl halides is 1. The van der Waals surface area contributed by atoms with Gasteiger partial charge in [-0.25, -0.2) is 13.6 Å². The van der Waals surface area contributed by atoms with Crippen LogP contribution in [-0.4, -0.2) is 84.0 Å². The van der Waals surface area contributed by atoms with Crippen molar-refractivity contribution in [1.29, 1.82) is 0 Å². The molecule has 0 bridgehead atoms. The van der Waals surface area contributed by atoms with E-state index >= 15 is 0 Å². The maximum absolute atomic E-state index is 14.8. The number of oxime groups is 1. The molecule has 2 fully saturated rings. The van der Waals surface area contributed by atoms with Crippen LogP contribution in [-0.2, 0) is 32.2 Å². The lowest BCUT2D eigenvalue weighted by molar-refractivity contribution is -0.256. The zero-order valence-electron chi connectivity index (χ0n) is 35.7. The number of amides is 1. The molecule has 7 rings (SSSR count). The molecule has 7 atom stereocenters. The Kier molecular flexibility index (Phi) is 16.5. The summed E-state index contributed by atoms with van der Waals surface area (Å²) in [5.41, 5.74) is 3.35. The van der Waals surface area contributed by atoms with E-state index in [1.807, 2.05) is 12.1 Å². The number of unbranched alkanes of at least 4 members (excludes halogenated alkanes) is 2. The number of allylic oxidation sites excluding steroid dienone is 1. The maximum atomic E-state index is 14.8. The minimum absolute atomic E-state index is 0.00385. The van der Waals surface area contributed by atoms with E-state index < -0.39 is 35.9 Å². The van der Waals surface area contributed by atoms with Crippen LogP contribution in [0.3, 0.4) is 0 Å². The van der Waals surface area contributed by atoms with Gasteiger partial charge in [-0.05, 0) is 97.9 Å². The Hall–Kier alpha value is -4.53. The van der Waals surface area contributed by atoms with E-state index in [1.165, 1.54) is 18.2 Å². The molecule has 2 heterocycles. The second-order valence-electron chi connectivity index (χ2n) is 16.6. The normalized spacial score (nSPS) is 25.5. The van der Waals surface area contributed by atoms with Gasteiger partial charge < -0.3 is 38.7 Å². The molecule has 2 N–H and O–H groups in total. The summed E-state index contributed by atoms with van der Waals surface area (Å²) < 4.78 is 61.4. The Labute approximate surface area is 373 Å². The first kappa shape index (κ1) is 46.5. The van der Waals surface area contributed by atoms with Gasteiger partial charge in [0.2, 0.25) is 12.1 Å². The molecule has 2 aliphatic carbocycles. The van der Waals surface area contributed by atoms with Gasteiger partial charge in [0.15, 0.2) is 0 Å². The maximum Gasteiger partial charge on any atom is 0.410 e. The van der Waals surface area contributed by atoms with Crippen LogP contribution in [0.2, 0.25) is 0 Å². The highest BCUT2D eigenvalue weighted by atomic mass is 35.5. The van der Waals surface area contributed by atoms with Crippen molar-refractivity contribution in [3.05, 3.63) is 119 Å². The van der Waals surface area contributed by atoms with Gasteiger partial charge in [0.1, 0.15) is 42.4 Å². The molecule has 4 aliphatic rings. The SMILES string of the molecule is C=CCO[C@@]12Oc3ccc(OCc4ccccc4F)cc3[C@H]3[C@H](CCCCO)[C@@H](CCCCO)C=C(C(=NOC4CCCCO4)C[C@@H]1N(Cc1ccc(F)cc1)C(=O)OCCCl)[C@H]32. The van der Waals surface area contributed by atoms with Gasteiger partial charge >= 0.3 is 6.09 Å². The summed E-state index contributed by atoms with van der Waals surface area (Å²) in [7, 11) is 0. The second-order valence-corrected chi connectivity index (χ2v) is 17.0. The molecule has 2 aliphatic heterocycles. The van der Waals surface area contributed by atoms with E-state index in [1.54, 1.807) is 47.4 Å². The minimum Gasteiger partial charge on any atom is -0.489 e. The standard InChI is InChI=1S/C49H59ClF2N2O9/c1-2-25-61-49-44(54(48(57)59-27-22-50)31-33-16-18-36(51)19-17-33)30-42(53-63-45-15-7-10-26-58-45)39-28-34(11-5-8-23-55)38(13-6-9-24-56)46(47(39)49)40-29-37(20-21-43(40)62-49)60-32-35-12-3-4-14-41(35)52/h2-4,12,14,16-21,28-29,34,38,44-47,55-56H,1,5-11,13,15,22-27,30-32H2/t34-,38+,44-,45?,46+,47+,49+/m0/s1. The monoisotopic (exact) mass is 892 g/mol. The first-order valence-corrected chi connectivity index (χ1v) is 22.8. The highest BCUT2D eigenvalue weighted by Crippen LogP contribution is 2.62. The summed E-state index contributed by atoms with van der Waals surface area (Å²) >= 11 is 6.07. The van der Waals surface area contributed by atoms with Crippen LogP contribution in [0, 0.1) is 29.4 Å². The summed E-state index contributed by atoms with van der Waals surface area (Å²) in [6.07, 6.45) is 9.55. The fraction of sp³-hybridized carbons (Fsp3) is 0.510. The van der Waals surface area contributed by atoms with E-state index in [-0.39, 0.29) is 75.5 Å². The lowest BCUT2D eigenvalue weighted by Crippen LogP contribution is -2.70. The molecule has 0 radical (unpaired) electrons. The number of hydrogen-bond acceptors (Lipinski definition) is 10. The van der Waals surface area contributed by atoms with Gasteiger partial charge in [-0.3, -0.25) is 4.90 Å². The van der Waals surface area contributed by atoms with Crippen LogP contribution in [0.1, 0.15) is 86.8 Å². The van der Waals surface area contributed by atoms with Crippen molar-refractivity contribution in [2.75, 3.05) is 38.9 Å². The van der Waals surface area contributed by atoms with E-state index in [4.69, 9.17) is 45.3 Å². The van der Waals surface area contributed by atoms with Gasteiger partial charge in [-0.1, -0.05) is 60.5 Å². The topological polar surface area (TPSA) is 129 Å². The zero-order valence-corrected chi connectivity index (χ0v) is 36.4. The van der Waals surface area contributed by atoms with Gasteiger partial charge in [0.25, 0.3) is 0 Å². The molecule has 1 saturated heterocycles. The van der Waals surface area contributed by atoms with E-state index in [9.17, 15) is 23.8 Å². The van der Waals surface area contributed by atoms with Crippen molar-refractivity contribution in [3.63, 3.8) is 0 Å². The molecule has 3 aromatic rings. The number of nitrogens with zero attached hydrogens (tertiary/aromatic N) is 2. The first-order chi connectivity index (χ1) is 30.8. The number of ether oxygens (including phenoxy) is 5. The number of benzene rings is 3. The van der Waals surface area contributed by atoms with E-state index in [2.05, 4.69) is 12.7 Å². The Balaban J connectivity index is 1.43. The summed E-state index contributed by atoms with van der Waals surface area (Å²) in [5, 5.41) is 24.8. The van der Waals surface area contributed by atoms with Gasteiger partial charge in [0.05, 0.1) is 30.7 Å². The zero-order chi connectivity index (χ0) is 44.2. The summed E-state index contributed by atoms with van der Waals surface area (Å²) in [6, 6.07) is 17.1. The van der Waals surface area contributed by atoms with Crippen molar-refractivity contribution in [3.8, 4) is 11.5 Å². The van der Waals surface area contributed by atoms with Crippen molar-refractivity contribution >= 4 is 23.4 Å². The van der Waals surface area contributed by atoms with Crippen LogP contribution in [0.5, 0.6) is 11.5 Å². The van der Waals surface area contributed by atoms with Crippen LogP contribution in [0.4, 0.5) is 13.6 Å². The Bertz CT molecular complexity index is 2050. The molecule has 1 unspecified atom stereocenters. The van der Waals surface area contributed by atoms with Crippen LogP contribution in [0.15, 0.2) is 96.2 Å². The van der Waals surface area contributed by atoms with Gasteiger partial charge in [-0.15, -0.1) is 18.2 Å². The molecular weight excluding hydrogens is 834 g/mol. The van der Waals surface area contributed by atoms with Crippen LogP contribution >= 0.6 is 11.6 Å². The lowest BCUT2D eigenvalue weighted by atomic mass is 9.55. The second kappa shape index (κ2) is 22.4. The number of fused-ring (bicyclic) bond motifs is 2. The Morgan fingerprint density at radius 1 is 1.02 bits per heavy atom. The fourth-order valence-electron chi connectivity index (χ4n) is 9.73. The summed E-state index contributed by atoms with van der Waals surface area (Å²) in [6.45, 7) is 4.66. The van der Waals surface area contributed by atoms with Gasteiger partial charge in [-0.2, -0.15) is 0 Å². The third-order valence-corrected chi connectivity index (χ3v) is 12.7. The van der Waals surface area contributed by atoms with Crippen molar-refractivity contribution < 1.29 is 52.3 Å². The van der Waals surface area contributed by atoms with Crippen LogP contribution in [0.25, 0.3) is 0 Å². The largest absolute Gasteiger partial charge is 0.489 e. The molecule has 340 valence electrons. The molecule has 0 spiro atoms. The molecule has 14 heteroatoms. The lowest BCUT2D eigenvalue weighted by Gasteiger charge is -2.60. The molecule has 63 heavy (non-hydrogen) atoms. The number of carbonyl (C=O) groups excluding carboxylic acids is 1. The average molecular weight is 893 g/mol. The summed E-state index contributed by atoms with van der Waals surface area (Å²) in [4.78, 5) is 22.3. The summed E-state index contributed by atoms with van der Waals surface area (Å²) in [5.74, 6) is -2.24. The predicted molar refractivity (Wildman–Crippen MR) is 234 cm³/mol. The van der Waals surface area contributed by atoms with Crippen molar-refractivity contribution in [2.24, 2.45) is 22.9 Å². The highest BCUT2D eigenvalue weighted by molar-refractivity contribution is 6.18. The third-order valence-electron chi connectivity index (χ3n) is 12.6. The first-order valence-electron chi connectivity index (χ1n) is 22.3. The smallest absolute Gasteiger partial charge is 0.410 e.